The molecule has 1 unspecified atom stereocenters. The van der Waals surface area contributed by atoms with Crippen LogP contribution in [-0.4, -0.2) is 13.2 Å². The zero-order valence-electron chi connectivity index (χ0n) is 7.26. The molecule has 1 heteroatoms. The Bertz CT molecular complexity index is 101. The summed E-state index contributed by atoms with van der Waals surface area (Å²) in [6.07, 6.45) is 4.42. The van der Waals surface area contributed by atoms with Gasteiger partial charge in [0.15, 0.2) is 0 Å². The Hall–Kier alpha value is -0.0400. The lowest BCUT2D eigenvalue weighted by molar-refractivity contribution is 0.0368. The summed E-state index contributed by atoms with van der Waals surface area (Å²) in [4.78, 5) is 0. The van der Waals surface area contributed by atoms with Crippen molar-refractivity contribution in [1.82, 2.24) is 0 Å². The molecule has 1 nitrogen and oxygen atoms in total. The highest BCUT2D eigenvalue weighted by Gasteiger charge is 2.23. The number of rotatable bonds is 1. The zero-order chi connectivity index (χ0) is 7.56. The van der Waals surface area contributed by atoms with E-state index in [2.05, 4.69) is 13.8 Å². The molecule has 10 heavy (non-hydrogen) atoms. The molecule has 0 aromatic heterocycles. The fourth-order valence-corrected chi connectivity index (χ4v) is 1.71. The summed E-state index contributed by atoms with van der Waals surface area (Å²) in [5.74, 6) is 1.77. The number of hydrogen-bond donors (Lipinski definition) is 0. The average molecular weight is 142 g/mol. The van der Waals surface area contributed by atoms with Gasteiger partial charge in [0, 0.05) is 7.11 Å². The van der Waals surface area contributed by atoms with E-state index in [9.17, 15) is 0 Å². The molecule has 0 saturated heterocycles. The normalized spacial score (nSPS) is 41.7. The van der Waals surface area contributed by atoms with Crippen molar-refractivity contribution in [2.75, 3.05) is 7.11 Å². The second kappa shape index (κ2) is 3.38. The number of hydrogen-bond acceptors (Lipinski definition) is 1. The van der Waals surface area contributed by atoms with E-state index in [1.54, 1.807) is 0 Å². The van der Waals surface area contributed by atoms with Crippen molar-refractivity contribution in [2.45, 2.75) is 39.2 Å². The number of ether oxygens (including phenoxy) is 1. The van der Waals surface area contributed by atoms with Crippen molar-refractivity contribution in [1.29, 1.82) is 0 Å². The highest BCUT2D eigenvalue weighted by molar-refractivity contribution is 4.74. The third-order valence-corrected chi connectivity index (χ3v) is 2.88. The van der Waals surface area contributed by atoms with E-state index in [1.807, 2.05) is 7.11 Å². The van der Waals surface area contributed by atoms with Crippen molar-refractivity contribution in [3.05, 3.63) is 0 Å². The van der Waals surface area contributed by atoms with Crippen LogP contribution in [0.5, 0.6) is 0 Å². The minimum Gasteiger partial charge on any atom is -0.381 e. The minimum atomic E-state index is 0.547. The average Bonchev–Trinajstić information content (AvgIpc) is 1.95. The fourth-order valence-electron chi connectivity index (χ4n) is 1.71. The first-order chi connectivity index (χ1) is 4.74. The molecule has 0 aromatic carbocycles. The van der Waals surface area contributed by atoms with Gasteiger partial charge >= 0.3 is 0 Å². The Morgan fingerprint density at radius 3 is 2.30 bits per heavy atom. The highest BCUT2D eigenvalue weighted by Crippen LogP contribution is 2.30. The van der Waals surface area contributed by atoms with Crippen LogP contribution in [0.1, 0.15) is 33.1 Å². The van der Waals surface area contributed by atoms with Gasteiger partial charge in [-0.05, 0) is 31.1 Å². The summed E-state index contributed by atoms with van der Waals surface area (Å²) in [5.41, 5.74) is 0. The molecule has 0 spiro atoms. The highest BCUT2D eigenvalue weighted by atomic mass is 16.5. The van der Waals surface area contributed by atoms with E-state index in [-0.39, 0.29) is 0 Å². The lowest BCUT2D eigenvalue weighted by atomic mass is 9.80. The molecule has 3 atom stereocenters. The first-order valence-corrected chi connectivity index (χ1v) is 4.26. The molecule has 1 fully saturated rings. The Morgan fingerprint density at radius 2 is 1.80 bits per heavy atom. The molecular formula is C9H18O. The summed E-state index contributed by atoms with van der Waals surface area (Å²) < 4.78 is 5.31. The molecule has 0 heterocycles. The summed E-state index contributed by atoms with van der Waals surface area (Å²) in [6, 6.07) is 0. The van der Waals surface area contributed by atoms with Crippen LogP contribution in [0.3, 0.4) is 0 Å². The summed E-state index contributed by atoms with van der Waals surface area (Å²) >= 11 is 0. The molecule has 0 bridgehead atoms. The van der Waals surface area contributed by atoms with Gasteiger partial charge in [0.1, 0.15) is 0 Å². The van der Waals surface area contributed by atoms with Crippen LogP contribution in [0.15, 0.2) is 0 Å². The van der Waals surface area contributed by atoms with Crippen LogP contribution in [0.4, 0.5) is 0 Å². The SMILES string of the molecule is COC1CC[C@H](C)[C@H](C)C1. The van der Waals surface area contributed by atoms with Gasteiger partial charge in [-0.1, -0.05) is 13.8 Å². The third-order valence-electron chi connectivity index (χ3n) is 2.88. The van der Waals surface area contributed by atoms with Crippen LogP contribution in [0.25, 0.3) is 0 Å². The van der Waals surface area contributed by atoms with Crippen molar-refractivity contribution >= 4 is 0 Å². The van der Waals surface area contributed by atoms with E-state index in [4.69, 9.17) is 4.74 Å². The van der Waals surface area contributed by atoms with Gasteiger partial charge in [-0.2, -0.15) is 0 Å². The molecular weight excluding hydrogens is 124 g/mol. The van der Waals surface area contributed by atoms with Gasteiger partial charge < -0.3 is 4.74 Å². The fraction of sp³-hybridized carbons (Fsp3) is 1.00. The van der Waals surface area contributed by atoms with E-state index in [0.29, 0.717) is 6.10 Å². The van der Waals surface area contributed by atoms with Gasteiger partial charge in [0.25, 0.3) is 0 Å². The molecule has 0 aliphatic heterocycles. The molecule has 1 aliphatic carbocycles. The van der Waals surface area contributed by atoms with Gasteiger partial charge in [0.05, 0.1) is 6.10 Å². The van der Waals surface area contributed by atoms with Gasteiger partial charge in [0.2, 0.25) is 0 Å². The van der Waals surface area contributed by atoms with Crippen molar-refractivity contribution < 1.29 is 4.74 Å². The zero-order valence-corrected chi connectivity index (χ0v) is 7.26. The summed E-state index contributed by atoms with van der Waals surface area (Å²) in [5, 5.41) is 0. The smallest absolute Gasteiger partial charge is 0.0574 e. The maximum atomic E-state index is 5.31. The largest absolute Gasteiger partial charge is 0.381 e. The topological polar surface area (TPSA) is 9.23 Å². The van der Waals surface area contributed by atoms with Crippen LogP contribution in [0, 0.1) is 11.8 Å². The molecule has 0 aromatic rings. The third kappa shape index (κ3) is 1.72. The molecule has 1 rings (SSSR count). The van der Waals surface area contributed by atoms with Crippen LogP contribution in [-0.2, 0) is 4.74 Å². The molecule has 1 saturated carbocycles. The summed E-state index contributed by atoms with van der Waals surface area (Å²) in [7, 11) is 1.83. The first kappa shape index (κ1) is 8.06. The first-order valence-electron chi connectivity index (χ1n) is 4.26. The Morgan fingerprint density at radius 1 is 1.10 bits per heavy atom. The van der Waals surface area contributed by atoms with Crippen LogP contribution < -0.4 is 0 Å². The van der Waals surface area contributed by atoms with Crippen molar-refractivity contribution in [3.8, 4) is 0 Å². The lowest BCUT2D eigenvalue weighted by Crippen LogP contribution is -2.25. The maximum Gasteiger partial charge on any atom is 0.0574 e. The standard InChI is InChI=1S/C9H18O/c1-7-4-5-9(10-3)6-8(7)2/h7-9H,4-6H2,1-3H3/t7-,8+,9?/m0/s1. The van der Waals surface area contributed by atoms with E-state index >= 15 is 0 Å². The van der Waals surface area contributed by atoms with Crippen LogP contribution >= 0.6 is 0 Å². The molecule has 60 valence electrons. The van der Waals surface area contributed by atoms with Crippen molar-refractivity contribution in [3.63, 3.8) is 0 Å². The molecule has 0 radical (unpaired) electrons. The predicted octanol–water partition coefficient (Wildman–Crippen LogP) is 2.46. The lowest BCUT2D eigenvalue weighted by Gasteiger charge is -2.30. The van der Waals surface area contributed by atoms with E-state index in [0.717, 1.165) is 11.8 Å². The predicted molar refractivity (Wildman–Crippen MR) is 43.0 cm³/mol. The quantitative estimate of drug-likeness (QED) is 0.546. The van der Waals surface area contributed by atoms with Gasteiger partial charge in [-0.25, -0.2) is 0 Å². The van der Waals surface area contributed by atoms with Crippen LogP contribution in [0.2, 0.25) is 0 Å². The minimum absolute atomic E-state index is 0.547. The Kier molecular flexibility index (Phi) is 2.72. The number of methoxy groups -OCH3 is 1. The molecule has 0 N–H and O–H groups in total. The van der Waals surface area contributed by atoms with Gasteiger partial charge in [-0.15, -0.1) is 0 Å². The molecule has 1 aliphatic rings. The Balaban J connectivity index is 2.33. The maximum absolute atomic E-state index is 5.31. The molecule has 0 amide bonds. The van der Waals surface area contributed by atoms with Gasteiger partial charge in [-0.3, -0.25) is 0 Å². The Labute approximate surface area is 63.8 Å². The second-order valence-corrected chi connectivity index (χ2v) is 3.63. The second-order valence-electron chi connectivity index (χ2n) is 3.63. The van der Waals surface area contributed by atoms with E-state index in [1.165, 1.54) is 19.3 Å². The van der Waals surface area contributed by atoms with E-state index < -0.39 is 0 Å². The summed E-state index contributed by atoms with van der Waals surface area (Å²) in [6.45, 7) is 4.67. The van der Waals surface area contributed by atoms with Crippen molar-refractivity contribution in [2.24, 2.45) is 11.8 Å². The monoisotopic (exact) mass is 142 g/mol.